The lowest BCUT2D eigenvalue weighted by molar-refractivity contribution is -0.991. The molecule has 0 radical (unpaired) electrons. The number of nitrogens with one attached hydrogen (secondary N) is 2. The van der Waals surface area contributed by atoms with Crippen LogP contribution in [0.2, 0.25) is 0 Å². The minimum Gasteiger partial charge on any atom is -0.595 e. The largest absolute Gasteiger partial charge is 0.595 e. The average Bonchev–Trinajstić information content (AvgIpc) is 3.32. The molecule has 0 saturated carbocycles. The van der Waals surface area contributed by atoms with Gasteiger partial charge in [-0.25, -0.2) is 9.89 Å². The van der Waals surface area contributed by atoms with Gasteiger partial charge in [0.15, 0.2) is 17.2 Å². The zero-order valence-electron chi connectivity index (χ0n) is 13.3. The van der Waals surface area contributed by atoms with E-state index in [9.17, 15) is 5.21 Å². The molecular formula is C17H16N6O2. The summed E-state index contributed by atoms with van der Waals surface area (Å²) in [6, 6.07) is 16.4. The molecule has 25 heavy (non-hydrogen) atoms. The molecule has 3 aromatic rings. The van der Waals surface area contributed by atoms with Crippen molar-refractivity contribution in [3.63, 3.8) is 0 Å². The van der Waals surface area contributed by atoms with Crippen molar-refractivity contribution in [2.75, 3.05) is 13.1 Å². The highest BCUT2D eigenvalue weighted by Gasteiger charge is 2.22. The summed E-state index contributed by atoms with van der Waals surface area (Å²) in [6.07, 6.45) is 0. The third-order valence-corrected chi connectivity index (χ3v) is 3.97. The second-order valence-electron chi connectivity index (χ2n) is 5.57. The van der Waals surface area contributed by atoms with E-state index in [4.69, 9.17) is 5.21 Å². The monoisotopic (exact) mass is 336 g/mol. The summed E-state index contributed by atoms with van der Waals surface area (Å²) in [6.45, 7) is 1.49. The number of hydrogen-bond acceptors (Lipinski definition) is 6. The quantitative estimate of drug-likeness (QED) is 0.608. The first-order chi connectivity index (χ1) is 12.2. The van der Waals surface area contributed by atoms with E-state index >= 15 is 0 Å². The van der Waals surface area contributed by atoms with Crippen molar-refractivity contribution in [1.82, 2.24) is 20.3 Å². The van der Waals surface area contributed by atoms with E-state index in [1.54, 1.807) is 28.9 Å². The van der Waals surface area contributed by atoms with Gasteiger partial charge in [-0.05, 0) is 12.1 Å². The molecule has 0 aliphatic carbocycles. The van der Waals surface area contributed by atoms with Crippen LogP contribution >= 0.6 is 0 Å². The SMILES string of the molecule is [O-][NH+](O)c1ccc(-n2nnc(C3=NCCN3)c2-c2ccccc2)cc1. The number of rotatable bonds is 4. The van der Waals surface area contributed by atoms with Crippen LogP contribution in [0.15, 0.2) is 59.6 Å². The van der Waals surface area contributed by atoms with Gasteiger partial charge in [-0.1, -0.05) is 35.5 Å². The minimum atomic E-state index is -0.960. The maximum atomic E-state index is 11.1. The van der Waals surface area contributed by atoms with Gasteiger partial charge in [-0.15, -0.1) is 5.10 Å². The van der Waals surface area contributed by atoms with Gasteiger partial charge in [0, 0.05) is 24.2 Å². The second kappa shape index (κ2) is 6.44. The maximum Gasteiger partial charge on any atom is 0.163 e. The zero-order valence-corrected chi connectivity index (χ0v) is 13.3. The van der Waals surface area contributed by atoms with Crippen LogP contribution < -0.4 is 10.5 Å². The standard InChI is InChI=1S/C17H16N6O2/c24-23(25)14-8-6-13(7-9-14)22-16(12-4-2-1-3-5-12)15(20-21-22)17-18-10-11-19-17/h1-9,23-24H,10-11H2,(H,18,19). The Morgan fingerprint density at radius 3 is 2.48 bits per heavy atom. The second-order valence-corrected chi connectivity index (χ2v) is 5.57. The molecule has 0 amide bonds. The Hall–Kier alpha value is -3.07. The number of hydrogen-bond donors (Lipinski definition) is 3. The Bertz CT molecular complexity index is 903. The highest BCUT2D eigenvalue weighted by atomic mass is 16.8. The van der Waals surface area contributed by atoms with Crippen LogP contribution in [0.5, 0.6) is 0 Å². The first-order valence-corrected chi connectivity index (χ1v) is 7.87. The molecule has 3 N–H and O–H groups in total. The molecule has 8 nitrogen and oxygen atoms in total. The summed E-state index contributed by atoms with van der Waals surface area (Å²) in [5.41, 5.74) is 3.43. The summed E-state index contributed by atoms with van der Waals surface area (Å²) < 4.78 is 1.71. The van der Waals surface area contributed by atoms with Gasteiger partial charge >= 0.3 is 0 Å². The van der Waals surface area contributed by atoms with Crippen molar-refractivity contribution in [2.45, 2.75) is 0 Å². The fourth-order valence-corrected chi connectivity index (χ4v) is 2.78. The predicted octanol–water partition coefficient (Wildman–Crippen LogP) is 0.688. The first kappa shape index (κ1) is 15.5. The number of nitrogens with zero attached hydrogens (tertiary/aromatic N) is 4. The average molecular weight is 336 g/mol. The maximum absolute atomic E-state index is 11.1. The highest BCUT2D eigenvalue weighted by Crippen LogP contribution is 2.26. The summed E-state index contributed by atoms with van der Waals surface area (Å²) >= 11 is 0. The topological polar surface area (TPSA) is 103 Å². The number of amidine groups is 1. The highest BCUT2D eigenvalue weighted by molar-refractivity contribution is 6.03. The van der Waals surface area contributed by atoms with Gasteiger partial charge in [-0.3, -0.25) is 4.99 Å². The molecule has 0 spiro atoms. The van der Waals surface area contributed by atoms with Crippen LogP contribution in [-0.4, -0.2) is 39.1 Å². The van der Waals surface area contributed by atoms with Gasteiger partial charge in [0.1, 0.15) is 5.69 Å². The number of aromatic nitrogens is 3. The van der Waals surface area contributed by atoms with Crippen LogP contribution in [0.1, 0.15) is 5.69 Å². The Morgan fingerprint density at radius 2 is 1.84 bits per heavy atom. The first-order valence-electron chi connectivity index (χ1n) is 7.87. The molecule has 2 heterocycles. The fourth-order valence-electron chi connectivity index (χ4n) is 2.78. The fraction of sp³-hybridized carbons (Fsp3) is 0.118. The molecule has 1 unspecified atom stereocenters. The molecule has 126 valence electrons. The van der Waals surface area contributed by atoms with Crippen molar-refractivity contribution in [2.24, 2.45) is 4.99 Å². The van der Waals surface area contributed by atoms with E-state index in [1.807, 2.05) is 30.3 Å². The van der Waals surface area contributed by atoms with Crippen molar-refractivity contribution in [3.8, 4) is 16.9 Å². The third-order valence-electron chi connectivity index (χ3n) is 3.97. The van der Waals surface area contributed by atoms with Crippen LogP contribution in [0.4, 0.5) is 5.69 Å². The van der Waals surface area contributed by atoms with E-state index < -0.39 is 5.23 Å². The van der Waals surface area contributed by atoms with Crippen LogP contribution in [0.25, 0.3) is 16.9 Å². The summed E-state index contributed by atoms with van der Waals surface area (Å²) in [4.78, 5) is 4.45. The lowest BCUT2D eigenvalue weighted by atomic mass is 10.1. The Labute approximate surface area is 143 Å². The summed E-state index contributed by atoms with van der Waals surface area (Å²) in [5.74, 6) is 0.729. The molecule has 1 aliphatic rings. The van der Waals surface area contributed by atoms with E-state index in [0.717, 1.165) is 29.3 Å². The number of aliphatic imine (C=N–C) groups is 1. The Kier molecular flexibility index (Phi) is 3.98. The molecule has 8 heteroatoms. The molecular weight excluding hydrogens is 320 g/mol. The van der Waals surface area contributed by atoms with Gasteiger partial charge in [0.05, 0.1) is 12.2 Å². The van der Waals surface area contributed by atoms with Crippen LogP contribution in [0.3, 0.4) is 0 Å². The summed E-state index contributed by atoms with van der Waals surface area (Å²) in [5, 5.41) is 31.0. The Balaban J connectivity index is 1.85. The smallest absolute Gasteiger partial charge is 0.163 e. The van der Waals surface area contributed by atoms with Gasteiger partial charge in [0.25, 0.3) is 0 Å². The lowest BCUT2D eigenvalue weighted by Gasteiger charge is -2.12. The number of quaternary nitrogens is 1. The van der Waals surface area contributed by atoms with Crippen molar-refractivity contribution in [1.29, 1.82) is 0 Å². The molecule has 1 aromatic heterocycles. The predicted molar refractivity (Wildman–Crippen MR) is 92.0 cm³/mol. The van der Waals surface area contributed by atoms with Crippen molar-refractivity contribution >= 4 is 11.5 Å². The molecule has 2 aromatic carbocycles. The lowest BCUT2D eigenvalue weighted by Crippen LogP contribution is -2.99. The molecule has 4 rings (SSSR count). The van der Waals surface area contributed by atoms with Crippen molar-refractivity contribution < 1.29 is 10.4 Å². The van der Waals surface area contributed by atoms with E-state index in [-0.39, 0.29) is 5.69 Å². The minimum absolute atomic E-state index is 0.229. The van der Waals surface area contributed by atoms with E-state index in [2.05, 4.69) is 20.6 Å². The van der Waals surface area contributed by atoms with Gasteiger partial charge < -0.3 is 10.5 Å². The molecule has 0 bridgehead atoms. The van der Waals surface area contributed by atoms with Gasteiger partial charge in [-0.2, -0.15) is 5.23 Å². The molecule has 0 saturated heterocycles. The molecule has 1 atom stereocenters. The summed E-state index contributed by atoms with van der Waals surface area (Å²) in [7, 11) is 0. The third kappa shape index (κ3) is 2.89. The number of benzene rings is 2. The molecule has 0 fully saturated rings. The van der Waals surface area contributed by atoms with Gasteiger partial charge in [0.2, 0.25) is 0 Å². The normalized spacial score (nSPS) is 14.9. The zero-order chi connectivity index (χ0) is 17.2. The van der Waals surface area contributed by atoms with E-state index in [1.165, 1.54) is 0 Å². The Morgan fingerprint density at radius 1 is 1.08 bits per heavy atom. The van der Waals surface area contributed by atoms with Crippen LogP contribution in [-0.2, 0) is 0 Å². The van der Waals surface area contributed by atoms with Crippen molar-refractivity contribution in [3.05, 3.63) is 65.5 Å². The van der Waals surface area contributed by atoms with Crippen LogP contribution in [0, 0.1) is 5.21 Å². The molecule has 1 aliphatic heterocycles. The van der Waals surface area contributed by atoms with E-state index in [0.29, 0.717) is 12.2 Å².